The normalized spacial score (nSPS) is 11.4. The average molecular weight is 825 g/mol. The summed E-state index contributed by atoms with van der Waals surface area (Å²) in [5.74, 6) is 0. The van der Waals surface area contributed by atoms with E-state index in [2.05, 4.69) is 255 Å². The fourth-order valence-corrected chi connectivity index (χ4v) is 10.2. The summed E-state index contributed by atoms with van der Waals surface area (Å²) in [5.41, 5.74) is 17.5. The number of fused-ring (bicyclic) bond motifs is 4. The van der Waals surface area contributed by atoms with Crippen LogP contribution in [0.5, 0.6) is 0 Å². The van der Waals surface area contributed by atoms with E-state index in [1.54, 1.807) is 0 Å². The molecule has 0 aliphatic rings. The summed E-state index contributed by atoms with van der Waals surface area (Å²) in [6.45, 7) is 0. The molecule has 0 bridgehead atoms. The smallest absolute Gasteiger partial charge is 0.00258 e. The fraction of sp³-hybridized carbons (Fsp3) is 0.0154. The van der Waals surface area contributed by atoms with E-state index in [0.717, 1.165) is 6.42 Å². The highest BCUT2D eigenvalue weighted by molar-refractivity contribution is 6.23. The highest BCUT2D eigenvalue weighted by Gasteiger charge is 2.19. The second-order valence-electron chi connectivity index (χ2n) is 17.1. The van der Waals surface area contributed by atoms with Crippen LogP contribution in [0.4, 0.5) is 0 Å². The topological polar surface area (TPSA) is 0 Å². The van der Waals surface area contributed by atoms with E-state index in [1.165, 1.54) is 121 Å². The molecule has 0 fully saturated rings. The highest BCUT2D eigenvalue weighted by atomic mass is 14.2. The molecule has 0 spiro atoms. The van der Waals surface area contributed by atoms with E-state index in [4.69, 9.17) is 0 Å². The lowest BCUT2D eigenvalue weighted by atomic mass is 9.85. The van der Waals surface area contributed by atoms with Crippen molar-refractivity contribution >= 4 is 43.1 Å². The first kappa shape index (κ1) is 38.4. The number of hydrogen-bond acceptors (Lipinski definition) is 0. The number of benzene rings is 12. The van der Waals surface area contributed by atoms with Gasteiger partial charge in [0.25, 0.3) is 0 Å². The van der Waals surface area contributed by atoms with Crippen molar-refractivity contribution in [3.8, 4) is 66.8 Å². The molecule has 0 radical (unpaired) electrons. The average Bonchev–Trinajstić information content (AvgIpc) is 3.38. The number of hydrogen-bond donors (Lipinski definition) is 0. The Morgan fingerprint density at radius 1 is 0.169 bits per heavy atom. The van der Waals surface area contributed by atoms with Gasteiger partial charge in [-0.25, -0.2) is 0 Å². The van der Waals surface area contributed by atoms with Gasteiger partial charge in [0.2, 0.25) is 0 Å². The molecule has 0 nitrogen and oxygen atoms in total. The first-order chi connectivity index (χ1) is 32.2. The zero-order valence-electron chi connectivity index (χ0n) is 36.0. The van der Waals surface area contributed by atoms with Crippen LogP contribution in [0.3, 0.4) is 0 Å². The van der Waals surface area contributed by atoms with Crippen LogP contribution >= 0.6 is 0 Å². The summed E-state index contributed by atoms with van der Waals surface area (Å²) < 4.78 is 0. The van der Waals surface area contributed by atoms with Crippen molar-refractivity contribution in [1.29, 1.82) is 0 Å². The fourth-order valence-electron chi connectivity index (χ4n) is 10.2. The molecule has 0 saturated heterocycles. The Balaban J connectivity index is 0.881. The lowest BCUT2D eigenvalue weighted by Crippen LogP contribution is -1.92. The van der Waals surface area contributed by atoms with Gasteiger partial charge in [0.1, 0.15) is 0 Å². The Bertz CT molecular complexity index is 3420. The predicted octanol–water partition coefficient (Wildman–Crippen LogP) is 17.9. The Morgan fingerprint density at radius 2 is 0.415 bits per heavy atom. The van der Waals surface area contributed by atoms with Gasteiger partial charge in [0.15, 0.2) is 0 Å². The van der Waals surface area contributed by atoms with Gasteiger partial charge in [0.05, 0.1) is 0 Å². The molecule has 0 heteroatoms. The monoisotopic (exact) mass is 824 g/mol. The molecule has 0 heterocycles. The summed E-state index contributed by atoms with van der Waals surface area (Å²) in [6.07, 6.45) is 0.866. The van der Waals surface area contributed by atoms with Crippen molar-refractivity contribution in [3.05, 3.63) is 266 Å². The molecule has 0 aromatic heterocycles. The van der Waals surface area contributed by atoms with Crippen LogP contribution in [0.25, 0.3) is 110 Å². The van der Waals surface area contributed by atoms with Crippen molar-refractivity contribution in [2.75, 3.05) is 0 Å². The van der Waals surface area contributed by atoms with Gasteiger partial charge in [-0.1, -0.05) is 243 Å². The molecule has 0 aliphatic carbocycles. The molecule has 0 aliphatic heterocycles. The van der Waals surface area contributed by atoms with Crippen LogP contribution in [0, 0.1) is 0 Å². The van der Waals surface area contributed by atoms with Crippen LogP contribution < -0.4 is 0 Å². The molecular formula is C65H44. The molecule has 0 atom stereocenters. The van der Waals surface area contributed by atoms with Gasteiger partial charge in [-0.3, -0.25) is 0 Å². The van der Waals surface area contributed by atoms with Gasteiger partial charge in [0, 0.05) is 0 Å². The lowest BCUT2D eigenvalue weighted by molar-refractivity contribution is 1.19. The molecule has 12 aromatic rings. The quantitative estimate of drug-likeness (QED) is 0.134. The van der Waals surface area contributed by atoms with Gasteiger partial charge in [-0.15, -0.1) is 0 Å². The summed E-state index contributed by atoms with van der Waals surface area (Å²) in [7, 11) is 0. The maximum atomic E-state index is 2.41. The van der Waals surface area contributed by atoms with E-state index < -0.39 is 0 Å². The molecule has 0 amide bonds. The minimum Gasteiger partial charge on any atom is -0.0622 e. The maximum absolute atomic E-state index is 2.41. The molecule has 304 valence electrons. The standard InChI is InChI=1S/C65H44/c1-5-17-48(18-6-1)62-54-25-13-15-27-56(54)64(50-21-9-3-10-22-50)60-42-52(37-39-58(60)62)46-33-29-44(30-34-46)41-45-31-35-47(36-32-45)53-38-40-59-61(43-53)65(51-23-11-4-12-24-51)57-28-16-14-26-55(57)63(59)49-19-7-2-8-20-49/h1-40,42-43H,41H2. The van der Waals surface area contributed by atoms with Crippen molar-refractivity contribution in [2.24, 2.45) is 0 Å². The van der Waals surface area contributed by atoms with Gasteiger partial charge < -0.3 is 0 Å². The third-order valence-electron chi connectivity index (χ3n) is 13.3. The molecule has 0 unspecified atom stereocenters. The first-order valence-electron chi connectivity index (χ1n) is 22.6. The van der Waals surface area contributed by atoms with E-state index in [0.29, 0.717) is 0 Å². The van der Waals surface area contributed by atoms with Crippen molar-refractivity contribution in [3.63, 3.8) is 0 Å². The van der Waals surface area contributed by atoms with E-state index in [9.17, 15) is 0 Å². The molecular weight excluding hydrogens is 781 g/mol. The summed E-state index contributed by atoms with van der Waals surface area (Å²) in [6, 6.07) is 93.6. The Kier molecular flexibility index (Phi) is 9.69. The van der Waals surface area contributed by atoms with Crippen LogP contribution in [-0.2, 0) is 6.42 Å². The molecule has 65 heavy (non-hydrogen) atoms. The second-order valence-corrected chi connectivity index (χ2v) is 17.1. The van der Waals surface area contributed by atoms with Crippen molar-refractivity contribution in [2.45, 2.75) is 6.42 Å². The van der Waals surface area contributed by atoms with Gasteiger partial charge >= 0.3 is 0 Å². The molecule has 0 N–H and O–H groups in total. The minimum atomic E-state index is 0.866. The zero-order chi connectivity index (χ0) is 43.1. The zero-order valence-corrected chi connectivity index (χ0v) is 36.0. The second kappa shape index (κ2) is 16.4. The van der Waals surface area contributed by atoms with E-state index in [-0.39, 0.29) is 0 Å². The van der Waals surface area contributed by atoms with Crippen LogP contribution in [0.2, 0.25) is 0 Å². The maximum Gasteiger partial charge on any atom is -0.00258 e. The highest BCUT2D eigenvalue weighted by Crippen LogP contribution is 2.46. The van der Waals surface area contributed by atoms with Gasteiger partial charge in [-0.2, -0.15) is 0 Å². The SMILES string of the molecule is c1ccc(-c2c3ccccc3c(-c3ccccc3)c3cc(-c4ccc(Cc5ccc(-c6ccc7c(-c8ccccc8)c8ccccc8c(-c8ccccc8)c7c6)cc5)cc4)ccc23)cc1. The van der Waals surface area contributed by atoms with E-state index in [1.807, 2.05) is 0 Å². The van der Waals surface area contributed by atoms with E-state index >= 15 is 0 Å². The Morgan fingerprint density at radius 3 is 0.723 bits per heavy atom. The lowest BCUT2D eigenvalue weighted by Gasteiger charge is -2.19. The minimum absolute atomic E-state index is 0.866. The Hall–Kier alpha value is -8.32. The third-order valence-corrected chi connectivity index (χ3v) is 13.3. The van der Waals surface area contributed by atoms with Crippen LogP contribution in [-0.4, -0.2) is 0 Å². The summed E-state index contributed by atoms with van der Waals surface area (Å²) >= 11 is 0. The first-order valence-corrected chi connectivity index (χ1v) is 22.6. The largest absolute Gasteiger partial charge is 0.0622 e. The van der Waals surface area contributed by atoms with Gasteiger partial charge in [-0.05, 0) is 140 Å². The van der Waals surface area contributed by atoms with Crippen LogP contribution in [0.15, 0.2) is 255 Å². The predicted molar refractivity (Wildman–Crippen MR) is 278 cm³/mol. The third kappa shape index (κ3) is 6.97. The molecule has 12 aromatic carbocycles. The summed E-state index contributed by atoms with van der Waals surface area (Å²) in [4.78, 5) is 0. The summed E-state index contributed by atoms with van der Waals surface area (Å²) in [5, 5.41) is 10.2. The van der Waals surface area contributed by atoms with Crippen molar-refractivity contribution in [1.82, 2.24) is 0 Å². The number of rotatable bonds is 8. The molecule has 12 rings (SSSR count). The van der Waals surface area contributed by atoms with Crippen LogP contribution in [0.1, 0.15) is 11.1 Å². The Labute approximate surface area is 380 Å². The molecule has 0 saturated carbocycles. The van der Waals surface area contributed by atoms with Crippen molar-refractivity contribution < 1.29 is 0 Å².